The van der Waals surface area contributed by atoms with Crippen LogP contribution in [0, 0.1) is 0 Å². The normalized spacial score (nSPS) is 11.4. The SMILES string of the molecule is c1ccc(-c2nc(-c3ccc(-c4ccccn4)cc3)cc(-c3ccc(-n4c5ccccc5c5cc6ccccc6cc54)cc3)n2)cc1. The number of nitrogens with zero attached hydrogens (tertiary/aromatic N) is 4. The Balaban J connectivity index is 1.15. The Morgan fingerprint density at radius 3 is 1.68 bits per heavy atom. The average Bonchev–Trinajstić information content (AvgIpc) is 3.47. The molecule has 3 aromatic heterocycles. The van der Waals surface area contributed by atoms with Crippen LogP contribution in [0.4, 0.5) is 0 Å². The molecule has 0 bridgehead atoms. The largest absolute Gasteiger partial charge is 0.309 e. The van der Waals surface area contributed by atoms with Gasteiger partial charge < -0.3 is 4.57 Å². The van der Waals surface area contributed by atoms with Gasteiger partial charge in [0.05, 0.1) is 28.1 Å². The van der Waals surface area contributed by atoms with Gasteiger partial charge in [-0.15, -0.1) is 0 Å². The summed E-state index contributed by atoms with van der Waals surface area (Å²) < 4.78 is 2.37. The monoisotopic (exact) mass is 600 g/mol. The van der Waals surface area contributed by atoms with Gasteiger partial charge in [0.2, 0.25) is 0 Å². The third-order valence-electron chi connectivity index (χ3n) is 8.86. The lowest BCUT2D eigenvalue weighted by atomic mass is 10.0. The standard InChI is InChI=1S/C43H28N4/c1-2-10-32(11-3-1)43-45-39(30-19-17-29(18-20-30)38-15-8-9-25-44-38)28-40(46-43)31-21-23-35(24-22-31)47-41-16-7-6-14-36(41)37-26-33-12-4-5-13-34(33)27-42(37)47/h1-28H. The van der Waals surface area contributed by atoms with Crippen LogP contribution in [0.25, 0.3) is 83.4 Å². The molecule has 0 radical (unpaired) electrons. The number of para-hydroxylation sites is 1. The zero-order valence-corrected chi connectivity index (χ0v) is 25.5. The van der Waals surface area contributed by atoms with E-state index in [1.807, 2.05) is 42.6 Å². The lowest BCUT2D eigenvalue weighted by Gasteiger charge is -2.12. The Morgan fingerprint density at radius 2 is 0.979 bits per heavy atom. The van der Waals surface area contributed by atoms with Crippen molar-refractivity contribution in [2.75, 3.05) is 0 Å². The van der Waals surface area contributed by atoms with Gasteiger partial charge in [0.25, 0.3) is 0 Å². The van der Waals surface area contributed by atoms with Crippen molar-refractivity contribution in [3.05, 3.63) is 170 Å². The van der Waals surface area contributed by atoms with Crippen molar-refractivity contribution in [1.82, 2.24) is 19.5 Å². The molecule has 0 saturated carbocycles. The summed E-state index contributed by atoms with van der Waals surface area (Å²) in [6, 6.07) is 57.2. The molecular formula is C43H28N4. The molecule has 0 amide bonds. The first-order valence-corrected chi connectivity index (χ1v) is 15.8. The molecule has 0 aliphatic carbocycles. The third-order valence-corrected chi connectivity index (χ3v) is 8.86. The first kappa shape index (κ1) is 27.0. The Morgan fingerprint density at radius 1 is 0.383 bits per heavy atom. The van der Waals surface area contributed by atoms with Gasteiger partial charge in [0.1, 0.15) is 0 Å². The van der Waals surface area contributed by atoms with E-state index < -0.39 is 0 Å². The minimum atomic E-state index is 0.699. The Hall–Kier alpha value is -6.39. The molecule has 3 heterocycles. The number of pyridine rings is 1. The average molecular weight is 601 g/mol. The molecule has 0 atom stereocenters. The molecule has 4 heteroatoms. The van der Waals surface area contributed by atoms with Gasteiger partial charge >= 0.3 is 0 Å². The van der Waals surface area contributed by atoms with Crippen molar-refractivity contribution in [3.8, 4) is 50.8 Å². The van der Waals surface area contributed by atoms with Crippen LogP contribution in [0.3, 0.4) is 0 Å². The number of hydrogen-bond donors (Lipinski definition) is 0. The van der Waals surface area contributed by atoms with E-state index in [2.05, 4.69) is 137 Å². The maximum absolute atomic E-state index is 5.06. The van der Waals surface area contributed by atoms with Crippen molar-refractivity contribution < 1.29 is 0 Å². The fourth-order valence-electron chi connectivity index (χ4n) is 6.52. The second-order valence-corrected chi connectivity index (χ2v) is 11.7. The lowest BCUT2D eigenvalue weighted by molar-refractivity contribution is 1.17. The zero-order chi connectivity index (χ0) is 31.2. The van der Waals surface area contributed by atoms with Gasteiger partial charge in [-0.3, -0.25) is 4.98 Å². The van der Waals surface area contributed by atoms with Crippen molar-refractivity contribution >= 4 is 32.6 Å². The van der Waals surface area contributed by atoms with Crippen LogP contribution < -0.4 is 0 Å². The number of benzene rings is 6. The minimum absolute atomic E-state index is 0.699. The highest BCUT2D eigenvalue weighted by Crippen LogP contribution is 2.36. The molecule has 0 saturated heterocycles. The number of aromatic nitrogens is 4. The highest BCUT2D eigenvalue weighted by atomic mass is 15.0. The van der Waals surface area contributed by atoms with Gasteiger partial charge in [0.15, 0.2) is 5.82 Å². The van der Waals surface area contributed by atoms with Gasteiger partial charge in [-0.05, 0) is 59.3 Å². The van der Waals surface area contributed by atoms with E-state index in [1.165, 1.54) is 32.6 Å². The first-order valence-electron chi connectivity index (χ1n) is 15.8. The predicted octanol–water partition coefficient (Wildman–Crippen LogP) is 10.8. The van der Waals surface area contributed by atoms with Crippen molar-refractivity contribution in [2.45, 2.75) is 0 Å². The fourth-order valence-corrected chi connectivity index (χ4v) is 6.52. The Kier molecular flexibility index (Phi) is 6.43. The van der Waals surface area contributed by atoms with E-state index in [9.17, 15) is 0 Å². The van der Waals surface area contributed by atoms with Crippen LogP contribution in [0.2, 0.25) is 0 Å². The predicted molar refractivity (Wildman–Crippen MR) is 193 cm³/mol. The van der Waals surface area contributed by atoms with Crippen LogP contribution in [0.1, 0.15) is 0 Å². The Bertz CT molecular complexity index is 2530. The first-order chi connectivity index (χ1) is 23.3. The van der Waals surface area contributed by atoms with Crippen LogP contribution in [0.5, 0.6) is 0 Å². The van der Waals surface area contributed by atoms with Gasteiger partial charge in [-0.25, -0.2) is 9.97 Å². The maximum atomic E-state index is 5.06. The highest BCUT2D eigenvalue weighted by molar-refractivity contribution is 6.13. The molecule has 0 spiro atoms. The summed E-state index contributed by atoms with van der Waals surface area (Å²) in [5.74, 6) is 0.699. The zero-order valence-electron chi connectivity index (χ0n) is 25.5. The molecule has 0 N–H and O–H groups in total. The van der Waals surface area contributed by atoms with Gasteiger partial charge in [-0.1, -0.05) is 115 Å². The van der Waals surface area contributed by atoms with E-state index in [-0.39, 0.29) is 0 Å². The fraction of sp³-hybridized carbons (Fsp3) is 0. The van der Waals surface area contributed by atoms with E-state index >= 15 is 0 Å². The smallest absolute Gasteiger partial charge is 0.160 e. The van der Waals surface area contributed by atoms with Crippen LogP contribution in [0.15, 0.2) is 170 Å². The van der Waals surface area contributed by atoms with Gasteiger partial charge in [-0.2, -0.15) is 0 Å². The van der Waals surface area contributed by atoms with E-state index in [1.54, 1.807) is 0 Å². The molecule has 47 heavy (non-hydrogen) atoms. The van der Waals surface area contributed by atoms with Crippen LogP contribution in [-0.2, 0) is 0 Å². The molecule has 4 nitrogen and oxygen atoms in total. The van der Waals surface area contributed by atoms with E-state index in [0.717, 1.165) is 45.0 Å². The van der Waals surface area contributed by atoms with Crippen LogP contribution in [-0.4, -0.2) is 19.5 Å². The molecule has 0 aliphatic heterocycles. The number of fused-ring (bicyclic) bond motifs is 4. The quantitative estimate of drug-likeness (QED) is 0.197. The molecule has 9 rings (SSSR count). The second kappa shape index (κ2) is 11.2. The van der Waals surface area contributed by atoms with Crippen molar-refractivity contribution in [1.29, 1.82) is 0 Å². The summed E-state index contributed by atoms with van der Waals surface area (Å²) in [6.45, 7) is 0. The summed E-state index contributed by atoms with van der Waals surface area (Å²) in [5.41, 5.74) is 10.3. The summed E-state index contributed by atoms with van der Waals surface area (Å²) >= 11 is 0. The third kappa shape index (κ3) is 4.84. The van der Waals surface area contributed by atoms with E-state index in [0.29, 0.717) is 5.82 Å². The highest BCUT2D eigenvalue weighted by Gasteiger charge is 2.15. The molecule has 220 valence electrons. The molecule has 0 fully saturated rings. The second-order valence-electron chi connectivity index (χ2n) is 11.7. The summed E-state index contributed by atoms with van der Waals surface area (Å²) in [6.07, 6.45) is 1.82. The summed E-state index contributed by atoms with van der Waals surface area (Å²) in [5, 5.41) is 4.99. The number of rotatable bonds is 5. The Labute approximate surface area is 272 Å². The molecular weight excluding hydrogens is 573 g/mol. The molecule has 9 aromatic rings. The van der Waals surface area contributed by atoms with Gasteiger partial charge in [0, 0.05) is 44.9 Å². The molecule has 6 aromatic carbocycles. The topological polar surface area (TPSA) is 43.6 Å². The maximum Gasteiger partial charge on any atom is 0.160 e. The summed E-state index contributed by atoms with van der Waals surface area (Å²) in [4.78, 5) is 14.6. The van der Waals surface area contributed by atoms with Crippen molar-refractivity contribution in [2.24, 2.45) is 0 Å². The summed E-state index contributed by atoms with van der Waals surface area (Å²) in [7, 11) is 0. The van der Waals surface area contributed by atoms with E-state index in [4.69, 9.17) is 9.97 Å². The molecule has 0 unspecified atom stereocenters. The van der Waals surface area contributed by atoms with Crippen molar-refractivity contribution in [3.63, 3.8) is 0 Å². The minimum Gasteiger partial charge on any atom is -0.309 e. The lowest BCUT2D eigenvalue weighted by Crippen LogP contribution is -1.97. The number of hydrogen-bond acceptors (Lipinski definition) is 3. The molecule has 0 aliphatic rings. The van der Waals surface area contributed by atoms with Crippen LogP contribution >= 0.6 is 0 Å².